The zero-order chi connectivity index (χ0) is 13.2. The molecule has 2 unspecified atom stereocenters. The Morgan fingerprint density at radius 2 is 2.11 bits per heavy atom. The maximum Gasteiger partial charge on any atom is 0.161 e. The fraction of sp³-hybridized carbons (Fsp3) is 0.600. The van der Waals surface area contributed by atoms with Gasteiger partial charge in [0.2, 0.25) is 0 Å². The lowest BCUT2D eigenvalue weighted by molar-refractivity contribution is 0.109. The van der Waals surface area contributed by atoms with Crippen molar-refractivity contribution in [2.24, 2.45) is 0 Å². The van der Waals surface area contributed by atoms with E-state index in [1.54, 1.807) is 0 Å². The Balaban J connectivity index is 1.70. The number of aliphatic hydroxyl groups is 1. The molecule has 0 aromatic heterocycles. The number of β-amino-alcohol motifs (C(OH)–C–C–N with tert-alkyl or cyclic N) is 1. The van der Waals surface area contributed by atoms with Crippen LogP contribution >= 0.6 is 0 Å². The Bertz CT molecular complexity index is 449. The largest absolute Gasteiger partial charge is 0.486 e. The molecule has 0 amide bonds. The maximum atomic E-state index is 10.4. The molecule has 0 spiro atoms. The zero-order valence-electron chi connectivity index (χ0n) is 11.3. The molecule has 0 saturated carbocycles. The van der Waals surface area contributed by atoms with Gasteiger partial charge in [0.15, 0.2) is 11.5 Å². The smallest absolute Gasteiger partial charge is 0.161 e. The zero-order valence-corrected chi connectivity index (χ0v) is 11.3. The second-order valence-electron chi connectivity index (χ2n) is 5.41. The molecule has 3 rings (SSSR count). The Morgan fingerprint density at radius 3 is 2.84 bits per heavy atom. The van der Waals surface area contributed by atoms with Crippen LogP contribution in [0.2, 0.25) is 0 Å². The van der Waals surface area contributed by atoms with Crippen LogP contribution < -0.4 is 9.47 Å². The first-order valence-electron chi connectivity index (χ1n) is 7.06. The van der Waals surface area contributed by atoms with Crippen LogP contribution in [0.5, 0.6) is 11.5 Å². The Kier molecular flexibility index (Phi) is 3.62. The van der Waals surface area contributed by atoms with E-state index in [2.05, 4.69) is 11.8 Å². The molecular weight excluding hydrogens is 242 g/mol. The van der Waals surface area contributed by atoms with Gasteiger partial charge < -0.3 is 14.6 Å². The van der Waals surface area contributed by atoms with E-state index in [1.165, 1.54) is 12.8 Å². The Labute approximate surface area is 113 Å². The lowest BCUT2D eigenvalue weighted by atomic mass is 10.1. The molecule has 0 radical (unpaired) electrons. The Hall–Kier alpha value is -1.26. The van der Waals surface area contributed by atoms with Gasteiger partial charge >= 0.3 is 0 Å². The first kappa shape index (κ1) is 12.8. The summed E-state index contributed by atoms with van der Waals surface area (Å²) in [5.41, 5.74) is 0.906. The van der Waals surface area contributed by atoms with Crippen molar-refractivity contribution in [3.63, 3.8) is 0 Å². The topological polar surface area (TPSA) is 41.9 Å². The molecule has 1 N–H and O–H groups in total. The van der Waals surface area contributed by atoms with E-state index in [1.807, 2.05) is 18.2 Å². The maximum absolute atomic E-state index is 10.4. The standard InChI is InChI=1S/C15H21NO3/c1-11-3-2-6-16(11)10-13(17)12-4-5-14-15(9-12)19-8-7-18-14/h4-5,9,11,13,17H,2-3,6-8,10H2,1H3. The van der Waals surface area contributed by atoms with Crippen molar-refractivity contribution in [1.29, 1.82) is 0 Å². The van der Waals surface area contributed by atoms with Crippen molar-refractivity contribution < 1.29 is 14.6 Å². The fourth-order valence-electron chi connectivity index (χ4n) is 2.86. The molecule has 4 heteroatoms. The van der Waals surface area contributed by atoms with Crippen LogP contribution in [-0.2, 0) is 0 Å². The van der Waals surface area contributed by atoms with E-state index in [0.717, 1.165) is 23.6 Å². The van der Waals surface area contributed by atoms with Crippen LogP contribution in [0.15, 0.2) is 18.2 Å². The van der Waals surface area contributed by atoms with Crippen molar-refractivity contribution in [2.75, 3.05) is 26.3 Å². The molecule has 2 aliphatic rings. The molecule has 1 saturated heterocycles. The molecule has 2 aliphatic heterocycles. The van der Waals surface area contributed by atoms with E-state index in [-0.39, 0.29) is 0 Å². The van der Waals surface area contributed by atoms with Crippen LogP contribution in [0.1, 0.15) is 31.4 Å². The number of benzene rings is 1. The highest BCUT2D eigenvalue weighted by molar-refractivity contribution is 5.44. The molecule has 19 heavy (non-hydrogen) atoms. The number of fused-ring (bicyclic) bond motifs is 1. The fourth-order valence-corrected chi connectivity index (χ4v) is 2.86. The lowest BCUT2D eigenvalue weighted by Crippen LogP contribution is -2.31. The average Bonchev–Trinajstić information content (AvgIpc) is 2.84. The van der Waals surface area contributed by atoms with E-state index >= 15 is 0 Å². The van der Waals surface area contributed by atoms with E-state index in [9.17, 15) is 5.11 Å². The number of ether oxygens (including phenoxy) is 2. The summed E-state index contributed by atoms with van der Waals surface area (Å²) >= 11 is 0. The van der Waals surface area contributed by atoms with Gasteiger partial charge in [-0.25, -0.2) is 0 Å². The number of likely N-dealkylation sites (tertiary alicyclic amines) is 1. The molecule has 0 aliphatic carbocycles. The van der Waals surface area contributed by atoms with E-state index < -0.39 is 6.10 Å². The number of rotatable bonds is 3. The molecule has 0 bridgehead atoms. The van der Waals surface area contributed by atoms with Gasteiger partial charge in [-0.1, -0.05) is 6.07 Å². The van der Waals surface area contributed by atoms with Gasteiger partial charge in [-0.2, -0.15) is 0 Å². The minimum Gasteiger partial charge on any atom is -0.486 e. The lowest BCUT2D eigenvalue weighted by Gasteiger charge is -2.25. The van der Waals surface area contributed by atoms with Crippen molar-refractivity contribution in [1.82, 2.24) is 4.90 Å². The summed E-state index contributed by atoms with van der Waals surface area (Å²) in [5.74, 6) is 1.52. The summed E-state index contributed by atoms with van der Waals surface area (Å²) in [6.07, 6.45) is 2.00. The van der Waals surface area contributed by atoms with Crippen molar-refractivity contribution in [3.05, 3.63) is 23.8 Å². The van der Waals surface area contributed by atoms with Crippen molar-refractivity contribution in [2.45, 2.75) is 31.9 Å². The number of hydrogen-bond acceptors (Lipinski definition) is 4. The summed E-state index contributed by atoms with van der Waals surface area (Å²) in [5, 5.41) is 10.4. The summed E-state index contributed by atoms with van der Waals surface area (Å²) < 4.78 is 11.0. The van der Waals surface area contributed by atoms with Crippen LogP contribution in [0.4, 0.5) is 0 Å². The third-order valence-electron chi connectivity index (χ3n) is 4.05. The van der Waals surface area contributed by atoms with Gasteiger partial charge in [-0.05, 0) is 44.0 Å². The number of aliphatic hydroxyl groups excluding tert-OH is 1. The molecule has 1 fully saturated rings. The van der Waals surface area contributed by atoms with E-state index in [0.29, 0.717) is 25.8 Å². The molecular formula is C15H21NO3. The highest BCUT2D eigenvalue weighted by Crippen LogP contribution is 2.33. The SMILES string of the molecule is CC1CCCN1CC(O)c1ccc2c(c1)OCCO2. The molecule has 2 heterocycles. The number of nitrogens with zero attached hydrogens (tertiary/aromatic N) is 1. The van der Waals surface area contributed by atoms with Crippen molar-refractivity contribution >= 4 is 0 Å². The highest BCUT2D eigenvalue weighted by Gasteiger charge is 2.24. The molecule has 2 atom stereocenters. The van der Waals surface area contributed by atoms with Gasteiger partial charge in [-0.3, -0.25) is 4.90 Å². The molecule has 1 aromatic rings. The molecule has 1 aromatic carbocycles. The van der Waals surface area contributed by atoms with Crippen LogP contribution in [0.3, 0.4) is 0 Å². The second kappa shape index (κ2) is 5.39. The van der Waals surface area contributed by atoms with Gasteiger partial charge in [0.25, 0.3) is 0 Å². The number of hydrogen-bond donors (Lipinski definition) is 1. The van der Waals surface area contributed by atoms with Crippen LogP contribution in [-0.4, -0.2) is 42.4 Å². The predicted molar refractivity (Wildman–Crippen MR) is 72.7 cm³/mol. The van der Waals surface area contributed by atoms with Gasteiger partial charge in [0.1, 0.15) is 13.2 Å². The normalized spacial score (nSPS) is 24.4. The summed E-state index contributed by atoms with van der Waals surface area (Å²) in [6.45, 7) is 5.18. The van der Waals surface area contributed by atoms with Gasteiger partial charge in [0, 0.05) is 12.6 Å². The molecule has 104 valence electrons. The second-order valence-corrected chi connectivity index (χ2v) is 5.41. The third-order valence-corrected chi connectivity index (χ3v) is 4.05. The monoisotopic (exact) mass is 263 g/mol. The van der Waals surface area contributed by atoms with Crippen LogP contribution in [0, 0.1) is 0 Å². The average molecular weight is 263 g/mol. The third kappa shape index (κ3) is 2.69. The summed E-state index contributed by atoms with van der Waals surface area (Å²) in [4.78, 5) is 2.35. The van der Waals surface area contributed by atoms with Gasteiger partial charge in [0.05, 0.1) is 6.10 Å². The highest BCUT2D eigenvalue weighted by atomic mass is 16.6. The quantitative estimate of drug-likeness (QED) is 0.905. The van der Waals surface area contributed by atoms with Crippen LogP contribution in [0.25, 0.3) is 0 Å². The minimum atomic E-state index is -0.462. The first-order valence-corrected chi connectivity index (χ1v) is 7.06. The summed E-state index contributed by atoms with van der Waals surface area (Å²) in [7, 11) is 0. The van der Waals surface area contributed by atoms with Gasteiger partial charge in [-0.15, -0.1) is 0 Å². The molecule has 4 nitrogen and oxygen atoms in total. The predicted octanol–water partition coefficient (Wildman–Crippen LogP) is 1.98. The van der Waals surface area contributed by atoms with Crippen molar-refractivity contribution in [3.8, 4) is 11.5 Å². The Morgan fingerprint density at radius 1 is 1.32 bits per heavy atom. The first-order chi connectivity index (χ1) is 9.24. The summed E-state index contributed by atoms with van der Waals surface area (Å²) in [6, 6.07) is 6.30. The minimum absolute atomic E-state index is 0.462. The van der Waals surface area contributed by atoms with E-state index in [4.69, 9.17) is 9.47 Å².